The van der Waals surface area contributed by atoms with E-state index in [1.807, 2.05) is 18.2 Å². The fraction of sp³-hybridized carbons (Fsp3) is 0.111. The van der Waals surface area contributed by atoms with E-state index in [-0.39, 0.29) is 6.07 Å². The van der Waals surface area contributed by atoms with E-state index in [2.05, 4.69) is 9.97 Å². The SMILES string of the molecule is ClCOc1ccc2cccnc2n1. The molecule has 0 saturated carbocycles. The molecule has 0 aliphatic rings. The molecule has 2 aromatic rings. The maximum Gasteiger partial charge on any atom is 0.216 e. The Morgan fingerprint density at radius 2 is 2.23 bits per heavy atom. The molecule has 2 heterocycles. The Bertz CT molecular complexity index is 419. The monoisotopic (exact) mass is 194 g/mol. The van der Waals surface area contributed by atoms with Gasteiger partial charge in [0.05, 0.1) is 0 Å². The van der Waals surface area contributed by atoms with Crippen molar-refractivity contribution < 1.29 is 4.74 Å². The molecule has 4 heteroatoms. The standard InChI is InChI=1S/C9H7ClN2O/c10-6-13-8-4-3-7-2-1-5-11-9(7)12-8/h1-5H,6H2. The first-order valence-corrected chi connectivity index (χ1v) is 4.34. The molecule has 0 fully saturated rings. The van der Waals surface area contributed by atoms with Gasteiger partial charge in [-0.25, -0.2) is 4.98 Å². The summed E-state index contributed by atoms with van der Waals surface area (Å²) in [6.45, 7) is 0. The van der Waals surface area contributed by atoms with E-state index in [4.69, 9.17) is 16.3 Å². The minimum atomic E-state index is 0.103. The molecular formula is C9H7ClN2O. The van der Waals surface area contributed by atoms with Crippen LogP contribution in [0.3, 0.4) is 0 Å². The minimum Gasteiger partial charge on any atom is -0.461 e. The molecule has 0 unspecified atom stereocenters. The van der Waals surface area contributed by atoms with Gasteiger partial charge in [0.25, 0.3) is 0 Å². The smallest absolute Gasteiger partial charge is 0.216 e. The maximum absolute atomic E-state index is 5.40. The molecule has 13 heavy (non-hydrogen) atoms. The van der Waals surface area contributed by atoms with E-state index >= 15 is 0 Å². The van der Waals surface area contributed by atoms with Gasteiger partial charge in [0, 0.05) is 17.6 Å². The Kier molecular flexibility index (Phi) is 2.27. The Morgan fingerprint density at radius 1 is 1.31 bits per heavy atom. The molecule has 66 valence electrons. The van der Waals surface area contributed by atoms with Crippen LogP contribution in [0.1, 0.15) is 0 Å². The lowest BCUT2D eigenvalue weighted by atomic mass is 10.3. The molecule has 0 bridgehead atoms. The Balaban J connectivity index is 2.49. The molecule has 0 spiro atoms. The third-order valence-electron chi connectivity index (χ3n) is 1.64. The number of halogens is 1. The molecule has 0 atom stereocenters. The maximum atomic E-state index is 5.40. The van der Waals surface area contributed by atoms with E-state index in [0.717, 1.165) is 5.39 Å². The van der Waals surface area contributed by atoms with Gasteiger partial charge in [0.2, 0.25) is 5.88 Å². The van der Waals surface area contributed by atoms with Crippen LogP contribution in [0.25, 0.3) is 11.0 Å². The molecule has 0 aliphatic heterocycles. The summed E-state index contributed by atoms with van der Waals surface area (Å²) in [6.07, 6.45) is 1.69. The van der Waals surface area contributed by atoms with Gasteiger partial charge >= 0.3 is 0 Å². The van der Waals surface area contributed by atoms with Crippen molar-refractivity contribution in [3.05, 3.63) is 30.5 Å². The zero-order valence-electron chi connectivity index (χ0n) is 6.77. The number of alkyl halides is 1. The minimum absolute atomic E-state index is 0.103. The van der Waals surface area contributed by atoms with Crippen LogP contribution in [0.4, 0.5) is 0 Å². The molecule has 0 saturated heterocycles. The third kappa shape index (κ3) is 1.70. The second kappa shape index (κ2) is 3.58. The average Bonchev–Trinajstić information content (AvgIpc) is 2.18. The van der Waals surface area contributed by atoms with Crippen LogP contribution < -0.4 is 4.74 Å². The lowest BCUT2D eigenvalue weighted by molar-refractivity contribution is 0.373. The highest BCUT2D eigenvalue weighted by molar-refractivity contribution is 6.17. The van der Waals surface area contributed by atoms with Gasteiger partial charge in [-0.3, -0.25) is 0 Å². The normalized spacial score (nSPS) is 10.2. The van der Waals surface area contributed by atoms with Crippen molar-refractivity contribution in [2.45, 2.75) is 0 Å². The summed E-state index contributed by atoms with van der Waals surface area (Å²) in [5.41, 5.74) is 0.671. The molecular weight excluding hydrogens is 188 g/mol. The van der Waals surface area contributed by atoms with Gasteiger partial charge < -0.3 is 4.74 Å². The second-order valence-electron chi connectivity index (χ2n) is 2.45. The van der Waals surface area contributed by atoms with Crippen molar-refractivity contribution >= 4 is 22.6 Å². The molecule has 0 radical (unpaired) electrons. The van der Waals surface area contributed by atoms with Crippen LogP contribution in [-0.4, -0.2) is 16.0 Å². The van der Waals surface area contributed by atoms with Gasteiger partial charge in [0.15, 0.2) is 11.7 Å². The van der Waals surface area contributed by atoms with Gasteiger partial charge in [-0.1, -0.05) is 11.6 Å². The van der Waals surface area contributed by atoms with Crippen LogP contribution in [0, 0.1) is 0 Å². The number of nitrogens with zero attached hydrogens (tertiary/aromatic N) is 2. The van der Waals surface area contributed by atoms with Crippen LogP contribution in [0.2, 0.25) is 0 Å². The van der Waals surface area contributed by atoms with E-state index in [1.54, 1.807) is 12.3 Å². The van der Waals surface area contributed by atoms with Gasteiger partial charge in [-0.05, 0) is 18.2 Å². The van der Waals surface area contributed by atoms with Crippen molar-refractivity contribution in [2.24, 2.45) is 0 Å². The average molecular weight is 195 g/mol. The molecule has 0 aliphatic carbocycles. The Labute approximate surface area is 80.3 Å². The first kappa shape index (κ1) is 8.26. The summed E-state index contributed by atoms with van der Waals surface area (Å²) in [5.74, 6) is 0.501. The number of fused-ring (bicyclic) bond motifs is 1. The van der Waals surface area contributed by atoms with Crippen molar-refractivity contribution in [3.8, 4) is 5.88 Å². The van der Waals surface area contributed by atoms with Gasteiger partial charge in [-0.15, -0.1) is 0 Å². The highest BCUT2D eigenvalue weighted by Gasteiger charge is 1.97. The van der Waals surface area contributed by atoms with Gasteiger partial charge in [0.1, 0.15) is 0 Å². The lowest BCUT2D eigenvalue weighted by Gasteiger charge is -2.00. The number of hydrogen-bond acceptors (Lipinski definition) is 3. The molecule has 3 nitrogen and oxygen atoms in total. The first-order valence-electron chi connectivity index (χ1n) is 3.81. The summed E-state index contributed by atoms with van der Waals surface area (Å²) in [5, 5.41) is 0.990. The largest absolute Gasteiger partial charge is 0.461 e. The molecule has 0 amide bonds. The van der Waals surface area contributed by atoms with Crippen LogP contribution >= 0.6 is 11.6 Å². The predicted octanol–water partition coefficient (Wildman–Crippen LogP) is 2.20. The topological polar surface area (TPSA) is 35.0 Å². The summed E-state index contributed by atoms with van der Waals surface area (Å²) >= 11 is 5.40. The van der Waals surface area contributed by atoms with Crippen molar-refractivity contribution in [1.82, 2.24) is 9.97 Å². The summed E-state index contributed by atoms with van der Waals surface area (Å²) in [7, 11) is 0. The molecule has 0 N–H and O–H groups in total. The number of aromatic nitrogens is 2. The number of hydrogen-bond donors (Lipinski definition) is 0. The fourth-order valence-corrected chi connectivity index (χ4v) is 1.18. The Morgan fingerprint density at radius 3 is 3.08 bits per heavy atom. The van der Waals surface area contributed by atoms with Crippen molar-refractivity contribution in [3.63, 3.8) is 0 Å². The fourth-order valence-electron chi connectivity index (χ4n) is 1.07. The third-order valence-corrected chi connectivity index (χ3v) is 1.75. The highest BCUT2D eigenvalue weighted by Crippen LogP contribution is 2.13. The molecule has 2 rings (SSSR count). The van der Waals surface area contributed by atoms with E-state index in [0.29, 0.717) is 11.5 Å². The zero-order valence-corrected chi connectivity index (χ0v) is 7.53. The Hall–Kier alpha value is -1.35. The summed E-state index contributed by atoms with van der Waals surface area (Å²) in [4.78, 5) is 8.24. The highest BCUT2D eigenvalue weighted by atomic mass is 35.5. The van der Waals surface area contributed by atoms with E-state index in [9.17, 15) is 0 Å². The number of rotatable bonds is 2. The summed E-state index contributed by atoms with van der Waals surface area (Å²) in [6, 6.07) is 7.58. The van der Waals surface area contributed by atoms with Gasteiger partial charge in [-0.2, -0.15) is 4.98 Å². The predicted molar refractivity (Wildman–Crippen MR) is 50.9 cm³/mol. The molecule has 2 aromatic heterocycles. The van der Waals surface area contributed by atoms with Crippen LogP contribution in [-0.2, 0) is 0 Å². The van der Waals surface area contributed by atoms with E-state index < -0.39 is 0 Å². The van der Waals surface area contributed by atoms with Crippen LogP contribution in [0.5, 0.6) is 5.88 Å². The summed E-state index contributed by atoms with van der Waals surface area (Å²) < 4.78 is 5.03. The van der Waals surface area contributed by atoms with Crippen LogP contribution in [0.15, 0.2) is 30.5 Å². The van der Waals surface area contributed by atoms with E-state index in [1.165, 1.54) is 0 Å². The van der Waals surface area contributed by atoms with Crippen molar-refractivity contribution in [2.75, 3.05) is 6.07 Å². The zero-order chi connectivity index (χ0) is 9.10. The molecule has 0 aromatic carbocycles. The second-order valence-corrected chi connectivity index (χ2v) is 2.67. The van der Waals surface area contributed by atoms with Crippen molar-refractivity contribution in [1.29, 1.82) is 0 Å². The number of pyridine rings is 2. The quantitative estimate of drug-likeness (QED) is 0.688. The lowest BCUT2D eigenvalue weighted by Crippen LogP contribution is -1.92. The first-order chi connectivity index (χ1) is 6.40. The number of ether oxygens (including phenoxy) is 1.